The van der Waals surface area contributed by atoms with Crippen LogP contribution < -0.4 is 4.74 Å². The zero-order chi connectivity index (χ0) is 16.7. The number of benzene rings is 1. The van der Waals surface area contributed by atoms with E-state index in [9.17, 15) is 14.8 Å². The van der Waals surface area contributed by atoms with Gasteiger partial charge in [-0.15, -0.1) is 0 Å². The predicted molar refractivity (Wildman–Crippen MR) is 87.5 cm³/mol. The van der Waals surface area contributed by atoms with Gasteiger partial charge in [-0.2, -0.15) is 0 Å². The van der Waals surface area contributed by atoms with Crippen LogP contribution in [0.15, 0.2) is 24.3 Å². The van der Waals surface area contributed by atoms with Crippen LogP contribution in [-0.2, 0) is 9.53 Å². The van der Waals surface area contributed by atoms with Gasteiger partial charge < -0.3 is 24.4 Å². The van der Waals surface area contributed by atoms with Gasteiger partial charge in [0, 0.05) is 11.5 Å². The molecule has 3 aliphatic heterocycles. The fraction of sp³-hybridized carbons (Fsp3) is 0.588. The molecule has 6 nitrogen and oxygen atoms in total. The topological polar surface area (TPSA) is 79.2 Å². The molecule has 3 aliphatic rings. The number of amides is 1. The predicted octanol–water partition coefficient (Wildman–Crippen LogP) is 0.712. The minimum Gasteiger partial charge on any atom is -0.493 e. The minimum absolute atomic E-state index is 0.0218. The van der Waals surface area contributed by atoms with Crippen molar-refractivity contribution in [2.24, 2.45) is 0 Å². The molecule has 0 aromatic heterocycles. The summed E-state index contributed by atoms with van der Waals surface area (Å²) in [6, 6.07) is 7.72. The lowest BCUT2D eigenvalue weighted by Gasteiger charge is -2.36. The van der Waals surface area contributed by atoms with Crippen LogP contribution in [0.1, 0.15) is 37.2 Å². The Morgan fingerprint density at radius 1 is 1.33 bits per heavy atom. The maximum Gasteiger partial charge on any atom is 0.475 e. The summed E-state index contributed by atoms with van der Waals surface area (Å²) >= 11 is 0. The van der Waals surface area contributed by atoms with Gasteiger partial charge in [-0.3, -0.25) is 4.79 Å². The first-order valence-corrected chi connectivity index (χ1v) is 8.63. The number of nitrogens with zero attached hydrogens (tertiary/aromatic N) is 1. The molecule has 24 heavy (non-hydrogen) atoms. The van der Waals surface area contributed by atoms with E-state index in [0.717, 1.165) is 37.0 Å². The van der Waals surface area contributed by atoms with Gasteiger partial charge >= 0.3 is 7.12 Å². The molecule has 1 amide bonds. The molecule has 2 saturated heterocycles. The molecule has 4 rings (SSSR count). The van der Waals surface area contributed by atoms with E-state index in [1.807, 2.05) is 24.3 Å². The van der Waals surface area contributed by atoms with Gasteiger partial charge in [0.25, 0.3) is 0 Å². The van der Waals surface area contributed by atoms with Crippen molar-refractivity contribution in [1.29, 1.82) is 0 Å². The van der Waals surface area contributed by atoms with E-state index in [1.54, 1.807) is 4.90 Å². The maximum atomic E-state index is 11.8. The lowest BCUT2D eigenvalue weighted by Crippen LogP contribution is -2.54. The molecular formula is C17H22BNO5. The average Bonchev–Trinajstić information content (AvgIpc) is 3.30. The third-order valence-electron chi connectivity index (χ3n) is 5.63. The van der Waals surface area contributed by atoms with Crippen molar-refractivity contribution in [3.8, 4) is 5.75 Å². The second-order valence-electron chi connectivity index (χ2n) is 6.99. The van der Waals surface area contributed by atoms with Crippen molar-refractivity contribution in [2.75, 3.05) is 6.61 Å². The van der Waals surface area contributed by atoms with E-state index in [-0.39, 0.29) is 24.2 Å². The van der Waals surface area contributed by atoms with Crippen molar-refractivity contribution in [2.45, 2.75) is 55.8 Å². The Hall–Kier alpha value is -1.57. The van der Waals surface area contributed by atoms with Crippen LogP contribution in [0.3, 0.4) is 0 Å². The highest BCUT2D eigenvalue weighted by Gasteiger charge is 2.47. The molecule has 5 atom stereocenters. The third-order valence-corrected chi connectivity index (χ3v) is 5.63. The normalized spacial score (nSPS) is 31.4. The second kappa shape index (κ2) is 6.39. The largest absolute Gasteiger partial charge is 0.493 e. The summed E-state index contributed by atoms with van der Waals surface area (Å²) in [4.78, 5) is 13.3. The summed E-state index contributed by atoms with van der Waals surface area (Å²) in [5.74, 6) is 0.236. The molecule has 0 spiro atoms. The van der Waals surface area contributed by atoms with Gasteiger partial charge in [0.2, 0.25) is 6.41 Å². The van der Waals surface area contributed by atoms with Crippen LogP contribution >= 0.6 is 0 Å². The zero-order valence-electron chi connectivity index (χ0n) is 13.5. The van der Waals surface area contributed by atoms with E-state index >= 15 is 0 Å². The molecule has 0 radical (unpaired) electrons. The number of carbonyl (C=O) groups is 1. The smallest absolute Gasteiger partial charge is 0.475 e. The molecule has 2 N–H and O–H groups in total. The Morgan fingerprint density at radius 3 is 2.83 bits per heavy atom. The van der Waals surface area contributed by atoms with Crippen LogP contribution in [0.5, 0.6) is 5.75 Å². The van der Waals surface area contributed by atoms with Crippen molar-refractivity contribution in [3.63, 3.8) is 0 Å². The molecule has 0 aliphatic carbocycles. The van der Waals surface area contributed by atoms with Gasteiger partial charge in [-0.05, 0) is 31.7 Å². The van der Waals surface area contributed by atoms with Crippen molar-refractivity contribution in [3.05, 3.63) is 29.8 Å². The van der Waals surface area contributed by atoms with Crippen molar-refractivity contribution < 1.29 is 24.3 Å². The Labute approximate surface area is 141 Å². The zero-order valence-corrected chi connectivity index (χ0v) is 13.5. The molecule has 1 aromatic carbocycles. The first kappa shape index (κ1) is 15.9. The van der Waals surface area contributed by atoms with Crippen molar-refractivity contribution in [1.82, 2.24) is 4.90 Å². The number of rotatable bonds is 6. The van der Waals surface area contributed by atoms with E-state index in [1.165, 1.54) is 0 Å². The fourth-order valence-electron chi connectivity index (χ4n) is 4.44. The first-order chi connectivity index (χ1) is 11.7. The highest BCUT2D eigenvalue weighted by atomic mass is 16.5. The standard InChI is InChI=1S/C17H22BNO5/c20-10-19(14-8-12-5-6-16(14)24-12)17(18(21)22)7-11-9-23-15-4-2-1-3-13(11)15/h1-4,10-12,14,16-17,21-22H,5-9H2/t11-,12+,14-,16-,17+/m0/s1. The summed E-state index contributed by atoms with van der Waals surface area (Å²) in [6.07, 6.45) is 4.18. The lowest BCUT2D eigenvalue weighted by molar-refractivity contribution is -0.123. The molecule has 1 aromatic rings. The number of fused-ring (bicyclic) bond motifs is 3. The van der Waals surface area contributed by atoms with Gasteiger partial charge in [-0.25, -0.2) is 0 Å². The van der Waals surface area contributed by atoms with Crippen LogP contribution in [-0.4, -0.2) is 59.3 Å². The van der Waals surface area contributed by atoms with Gasteiger partial charge in [-0.1, -0.05) is 18.2 Å². The van der Waals surface area contributed by atoms with Crippen molar-refractivity contribution >= 4 is 13.5 Å². The molecular weight excluding hydrogens is 309 g/mol. The van der Waals surface area contributed by atoms with Gasteiger partial charge in [0.05, 0.1) is 30.8 Å². The Kier molecular flexibility index (Phi) is 4.24. The highest BCUT2D eigenvalue weighted by molar-refractivity contribution is 6.43. The lowest BCUT2D eigenvalue weighted by atomic mass is 9.71. The van der Waals surface area contributed by atoms with Crippen LogP contribution in [0, 0.1) is 0 Å². The van der Waals surface area contributed by atoms with E-state index in [2.05, 4.69) is 0 Å². The van der Waals surface area contributed by atoms with Crippen LogP contribution in [0.2, 0.25) is 0 Å². The third kappa shape index (κ3) is 2.70. The molecule has 128 valence electrons. The number of hydrogen-bond donors (Lipinski definition) is 2. The van der Waals surface area contributed by atoms with Crippen LogP contribution in [0.4, 0.5) is 0 Å². The van der Waals surface area contributed by atoms with E-state index in [4.69, 9.17) is 9.47 Å². The first-order valence-electron chi connectivity index (χ1n) is 8.63. The summed E-state index contributed by atoms with van der Waals surface area (Å²) in [6.45, 7) is 0.502. The molecule has 7 heteroatoms. The quantitative estimate of drug-likeness (QED) is 0.593. The summed E-state index contributed by atoms with van der Waals surface area (Å²) in [5, 5.41) is 19.9. The summed E-state index contributed by atoms with van der Waals surface area (Å²) < 4.78 is 11.5. The molecule has 2 fully saturated rings. The Balaban J connectivity index is 1.53. The van der Waals surface area contributed by atoms with E-state index in [0.29, 0.717) is 13.0 Å². The Bertz CT molecular complexity index is 612. The summed E-state index contributed by atoms with van der Waals surface area (Å²) in [7, 11) is -1.58. The second-order valence-corrected chi connectivity index (χ2v) is 6.99. The fourth-order valence-corrected chi connectivity index (χ4v) is 4.44. The SMILES string of the molecule is O=CN([C@H](C[C@H]1COc2ccccc21)B(O)O)[C@H]1C[C@H]2CC[C@@H]1O2. The number of carbonyl (C=O) groups excluding carboxylic acids is 1. The minimum atomic E-state index is -1.58. The molecule has 2 bridgehead atoms. The maximum absolute atomic E-state index is 11.8. The molecule has 3 heterocycles. The summed E-state index contributed by atoms with van der Waals surface area (Å²) in [5.41, 5.74) is 1.07. The van der Waals surface area contributed by atoms with E-state index < -0.39 is 13.1 Å². The van der Waals surface area contributed by atoms with Gasteiger partial charge in [0.1, 0.15) is 5.75 Å². The molecule has 0 saturated carbocycles. The highest BCUT2D eigenvalue weighted by Crippen LogP contribution is 2.40. The van der Waals surface area contributed by atoms with Crippen LogP contribution in [0.25, 0.3) is 0 Å². The number of hydrogen-bond acceptors (Lipinski definition) is 5. The van der Waals surface area contributed by atoms with Gasteiger partial charge in [0.15, 0.2) is 0 Å². The monoisotopic (exact) mass is 331 g/mol. The average molecular weight is 331 g/mol. The molecule has 0 unspecified atom stereocenters. The number of ether oxygens (including phenoxy) is 2. The number of para-hydroxylation sites is 1. The Morgan fingerprint density at radius 2 is 2.17 bits per heavy atom.